The maximum atomic E-state index is 12.5. The van der Waals surface area contributed by atoms with Gasteiger partial charge in [-0.25, -0.2) is 0 Å². The van der Waals surface area contributed by atoms with E-state index in [0.29, 0.717) is 10.6 Å². The third-order valence-corrected chi connectivity index (χ3v) is 5.10. The van der Waals surface area contributed by atoms with Gasteiger partial charge in [-0.05, 0) is 60.3 Å². The van der Waals surface area contributed by atoms with E-state index in [1.807, 2.05) is 36.4 Å². The first kappa shape index (κ1) is 14.0. The van der Waals surface area contributed by atoms with E-state index in [-0.39, 0.29) is 11.9 Å². The Morgan fingerprint density at radius 1 is 1.14 bits per heavy atom. The Hall–Kier alpha value is -1.58. The van der Waals surface area contributed by atoms with Crippen LogP contribution in [0.2, 0.25) is 5.02 Å². The molecular formula is C18H19ClN2O. The molecule has 22 heavy (non-hydrogen) atoms. The zero-order chi connectivity index (χ0) is 15.1. The van der Waals surface area contributed by atoms with E-state index in [1.54, 1.807) is 0 Å². The lowest BCUT2D eigenvalue weighted by Gasteiger charge is -2.30. The van der Waals surface area contributed by atoms with Gasteiger partial charge in [-0.15, -0.1) is 0 Å². The van der Waals surface area contributed by atoms with Crippen LogP contribution in [0.3, 0.4) is 0 Å². The number of halogens is 1. The molecule has 0 radical (unpaired) electrons. The summed E-state index contributed by atoms with van der Waals surface area (Å²) in [7, 11) is 0. The van der Waals surface area contributed by atoms with Crippen LogP contribution in [0.25, 0.3) is 10.8 Å². The van der Waals surface area contributed by atoms with Crippen LogP contribution < -0.4 is 5.32 Å². The van der Waals surface area contributed by atoms with Crippen LogP contribution in [0, 0.1) is 5.92 Å². The fourth-order valence-corrected chi connectivity index (χ4v) is 3.97. The molecule has 3 atom stereocenters. The molecule has 1 amide bonds. The molecule has 114 valence electrons. The van der Waals surface area contributed by atoms with Gasteiger partial charge in [-0.1, -0.05) is 23.7 Å². The molecule has 2 heterocycles. The largest absolute Gasteiger partial charge is 0.348 e. The summed E-state index contributed by atoms with van der Waals surface area (Å²) < 4.78 is 0. The number of amides is 1. The first-order valence-electron chi connectivity index (χ1n) is 7.90. The number of fused-ring (bicyclic) bond motifs is 3. The van der Waals surface area contributed by atoms with Crippen LogP contribution in [-0.2, 0) is 0 Å². The van der Waals surface area contributed by atoms with Crippen molar-refractivity contribution in [2.24, 2.45) is 5.92 Å². The van der Waals surface area contributed by atoms with E-state index in [1.165, 1.54) is 19.5 Å². The molecule has 3 unspecified atom stereocenters. The predicted octanol–water partition coefficient (Wildman–Crippen LogP) is 3.32. The van der Waals surface area contributed by atoms with Crippen LogP contribution in [-0.4, -0.2) is 36.5 Å². The maximum Gasteiger partial charge on any atom is 0.251 e. The second-order valence-electron chi connectivity index (χ2n) is 6.53. The van der Waals surface area contributed by atoms with Gasteiger partial charge in [0, 0.05) is 29.7 Å². The minimum absolute atomic E-state index is 0.0226. The number of carbonyl (C=O) groups excluding carboxylic acids is 1. The van der Waals surface area contributed by atoms with Crippen LogP contribution >= 0.6 is 11.6 Å². The highest BCUT2D eigenvalue weighted by Gasteiger charge is 2.32. The van der Waals surface area contributed by atoms with E-state index >= 15 is 0 Å². The Kier molecular flexibility index (Phi) is 3.55. The number of benzene rings is 2. The first-order chi connectivity index (χ1) is 10.7. The monoisotopic (exact) mass is 314 g/mol. The van der Waals surface area contributed by atoms with Gasteiger partial charge >= 0.3 is 0 Å². The molecule has 0 saturated carbocycles. The van der Waals surface area contributed by atoms with Crippen LogP contribution in [0.15, 0.2) is 36.4 Å². The Morgan fingerprint density at radius 2 is 2.00 bits per heavy atom. The molecule has 4 heteroatoms. The van der Waals surface area contributed by atoms with Gasteiger partial charge in [0.05, 0.1) is 0 Å². The topological polar surface area (TPSA) is 32.3 Å². The van der Waals surface area contributed by atoms with Gasteiger partial charge in [-0.2, -0.15) is 0 Å². The van der Waals surface area contributed by atoms with Crippen molar-refractivity contribution in [1.29, 1.82) is 0 Å². The van der Waals surface area contributed by atoms with Gasteiger partial charge < -0.3 is 10.2 Å². The third kappa shape index (κ3) is 2.71. The molecule has 2 aliphatic heterocycles. The number of nitrogens with one attached hydrogen (secondary N) is 1. The standard InChI is InChI=1S/C18H19ClN2O/c19-16-4-3-13-1-2-14(8-15(13)9-16)18(22)20-17-7-12-5-6-21(10-12)11-17/h1-4,8-9,12,17H,5-7,10-11H2,(H,20,22). The predicted molar refractivity (Wildman–Crippen MR) is 89.4 cm³/mol. The molecule has 0 aromatic heterocycles. The van der Waals surface area contributed by atoms with Crippen LogP contribution in [0.5, 0.6) is 0 Å². The van der Waals surface area contributed by atoms with Crippen LogP contribution in [0.4, 0.5) is 0 Å². The zero-order valence-electron chi connectivity index (χ0n) is 12.4. The zero-order valence-corrected chi connectivity index (χ0v) is 13.1. The molecule has 2 aromatic rings. The fourth-order valence-electron chi connectivity index (χ4n) is 3.79. The van der Waals surface area contributed by atoms with Crippen molar-refractivity contribution in [1.82, 2.24) is 10.2 Å². The van der Waals surface area contributed by atoms with E-state index in [9.17, 15) is 4.79 Å². The highest BCUT2D eigenvalue weighted by Crippen LogP contribution is 2.27. The van der Waals surface area contributed by atoms with Crippen molar-refractivity contribution < 1.29 is 4.79 Å². The van der Waals surface area contributed by atoms with E-state index in [4.69, 9.17) is 11.6 Å². The smallest absolute Gasteiger partial charge is 0.251 e. The van der Waals surface area contributed by atoms with E-state index < -0.39 is 0 Å². The molecular weight excluding hydrogens is 296 g/mol. The minimum atomic E-state index is 0.0226. The maximum absolute atomic E-state index is 12.5. The molecule has 1 N–H and O–H groups in total. The number of hydrogen-bond acceptors (Lipinski definition) is 2. The Labute approximate surface area is 135 Å². The number of piperidine rings is 1. The van der Waals surface area contributed by atoms with Crippen molar-refractivity contribution in [3.63, 3.8) is 0 Å². The summed E-state index contributed by atoms with van der Waals surface area (Å²) in [5, 5.41) is 6.00. The second kappa shape index (κ2) is 5.56. The molecule has 2 saturated heterocycles. The Bertz CT molecular complexity index is 718. The average molecular weight is 315 g/mol. The lowest BCUT2D eigenvalue weighted by Crippen LogP contribution is -2.47. The van der Waals surface area contributed by atoms with Gasteiger partial charge in [0.25, 0.3) is 5.91 Å². The summed E-state index contributed by atoms with van der Waals surface area (Å²) >= 11 is 6.04. The fraction of sp³-hybridized carbons (Fsp3) is 0.389. The summed E-state index contributed by atoms with van der Waals surface area (Å²) in [6.45, 7) is 3.38. The van der Waals surface area contributed by atoms with Crippen molar-refractivity contribution in [2.45, 2.75) is 18.9 Å². The molecule has 2 aliphatic rings. The normalized spacial score (nSPS) is 27.0. The summed E-state index contributed by atoms with van der Waals surface area (Å²) in [5.41, 5.74) is 0.711. The van der Waals surface area contributed by atoms with Gasteiger partial charge in [0.15, 0.2) is 0 Å². The quantitative estimate of drug-likeness (QED) is 0.922. The number of hydrogen-bond donors (Lipinski definition) is 1. The lowest BCUT2D eigenvalue weighted by molar-refractivity contribution is 0.0909. The number of rotatable bonds is 2. The highest BCUT2D eigenvalue weighted by molar-refractivity contribution is 6.31. The highest BCUT2D eigenvalue weighted by atomic mass is 35.5. The second-order valence-corrected chi connectivity index (χ2v) is 6.96. The Balaban J connectivity index is 1.52. The third-order valence-electron chi connectivity index (χ3n) is 4.87. The molecule has 4 rings (SSSR count). The first-order valence-corrected chi connectivity index (χ1v) is 8.28. The van der Waals surface area contributed by atoms with Gasteiger partial charge in [0.2, 0.25) is 0 Å². The molecule has 0 spiro atoms. The molecule has 2 bridgehead atoms. The lowest BCUT2D eigenvalue weighted by atomic mass is 9.96. The van der Waals surface area contributed by atoms with E-state index in [2.05, 4.69) is 10.2 Å². The van der Waals surface area contributed by atoms with Crippen molar-refractivity contribution in [3.05, 3.63) is 47.0 Å². The van der Waals surface area contributed by atoms with Crippen molar-refractivity contribution >= 4 is 28.3 Å². The van der Waals surface area contributed by atoms with E-state index in [0.717, 1.165) is 29.7 Å². The van der Waals surface area contributed by atoms with Gasteiger partial charge in [-0.3, -0.25) is 4.79 Å². The van der Waals surface area contributed by atoms with Crippen molar-refractivity contribution in [2.75, 3.05) is 19.6 Å². The number of carbonyl (C=O) groups is 1. The summed E-state index contributed by atoms with van der Waals surface area (Å²) in [4.78, 5) is 15.0. The number of nitrogens with zero attached hydrogens (tertiary/aromatic N) is 1. The van der Waals surface area contributed by atoms with Gasteiger partial charge in [0.1, 0.15) is 0 Å². The summed E-state index contributed by atoms with van der Waals surface area (Å²) in [6, 6.07) is 11.8. The molecule has 2 aromatic carbocycles. The average Bonchev–Trinajstić information content (AvgIpc) is 2.85. The SMILES string of the molecule is O=C(NC1CC2CCN(C2)C1)c1ccc2ccc(Cl)cc2c1. The Morgan fingerprint density at radius 3 is 2.86 bits per heavy atom. The summed E-state index contributed by atoms with van der Waals surface area (Å²) in [5.74, 6) is 0.781. The van der Waals surface area contributed by atoms with Crippen LogP contribution in [0.1, 0.15) is 23.2 Å². The molecule has 3 nitrogen and oxygen atoms in total. The summed E-state index contributed by atoms with van der Waals surface area (Å²) in [6.07, 6.45) is 2.39. The molecule has 0 aliphatic carbocycles. The minimum Gasteiger partial charge on any atom is -0.348 e. The van der Waals surface area contributed by atoms with Crippen molar-refractivity contribution in [3.8, 4) is 0 Å². The molecule has 2 fully saturated rings.